The minimum atomic E-state index is -0.466. The molecule has 26 heavy (non-hydrogen) atoms. The molecule has 0 unspecified atom stereocenters. The van der Waals surface area contributed by atoms with E-state index in [1.165, 1.54) is 18.2 Å². The Kier molecular flexibility index (Phi) is 5.09. The van der Waals surface area contributed by atoms with E-state index >= 15 is 0 Å². The number of rotatable bonds is 5. The molecule has 128 valence electrons. The summed E-state index contributed by atoms with van der Waals surface area (Å²) in [4.78, 5) is 30.6. The predicted molar refractivity (Wildman–Crippen MR) is 98.2 cm³/mol. The first-order valence-corrected chi connectivity index (χ1v) is 7.73. The first-order valence-electron chi connectivity index (χ1n) is 7.73. The van der Waals surface area contributed by atoms with Gasteiger partial charge in [-0.05, 0) is 18.2 Å². The van der Waals surface area contributed by atoms with E-state index in [9.17, 15) is 14.9 Å². The molecule has 0 radical (unpaired) electrons. The number of nitro benzene ring substituents is 1. The lowest BCUT2D eigenvalue weighted by molar-refractivity contribution is -0.384. The maximum absolute atomic E-state index is 11.9. The molecular formula is C19H14N4O3. The SMILES string of the molecule is O=C(/C=C/c1cnc(-c2cccc([N+](=O)[O-])c2)nc1)Nc1ccccc1. The third-order valence-corrected chi connectivity index (χ3v) is 3.46. The summed E-state index contributed by atoms with van der Waals surface area (Å²) in [6.07, 6.45) is 6.08. The lowest BCUT2D eigenvalue weighted by atomic mass is 10.2. The molecule has 0 saturated carbocycles. The molecule has 0 aliphatic rings. The maximum atomic E-state index is 11.9. The topological polar surface area (TPSA) is 98.0 Å². The molecule has 3 aromatic rings. The Hall–Kier alpha value is -3.87. The fourth-order valence-corrected chi connectivity index (χ4v) is 2.21. The highest BCUT2D eigenvalue weighted by Gasteiger charge is 2.08. The molecule has 0 bridgehead atoms. The van der Waals surface area contributed by atoms with Crippen LogP contribution >= 0.6 is 0 Å². The van der Waals surface area contributed by atoms with Crippen LogP contribution in [0.2, 0.25) is 0 Å². The number of amides is 1. The van der Waals surface area contributed by atoms with Gasteiger partial charge >= 0.3 is 0 Å². The molecule has 1 heterocycles. The van der Waals surface area contributed by atoms with E-state index in [1.807, 2.05) is 18.2 Å². The second-order valence-electron chi connectivity index (χ2n) is 5.34. The number of carbonyl (C=O) groups is 1. The summed E-state index contributed by atoms with van der Waals surface area (Å²) < 4.78 is 0. The number of nitro groups is 1. The Labute approximate surface area is 149 Å². The number of para-hydroxylation sites is 1. The predicted octanol–water partition coefficient (Wildman–Crippen LogP) is 3.70. The number of anilines is 1. The number of aromatic nitrogens is 2. The van der Waals surface area contributed by atoms with E-state index in [2.05, 4.69) is 15.3 Å². The molecule has 0 aliphatic carbocycles. The lowest BCUT2D eigenvalue weighted by Crippen LogP contribution is -2.07. The number of non-ortho nitro benzene ring substituents is 1. The van der Waals surface area contributed by atoms with Gasteiger partial charge in [0.25, 0.3) is 5.69 Å². The van der Waals surface area contributed by atoms with Crippen molar-refractivity contribution in [3.8, 4) is 11.4 Å². The molecule has 3 rings (SSSR count). The van der Waals surface area contributed by atoms with Crippen molar-refractivity contribution < 1.29 is 9.72 Å². The number of hydrogen-bond donors (Lipinski definition) is 1. The second kappa shape index (κ2) is 7.80. The number of nitrogens with one attached hydrogen (secondary N) is 1. The quantitative estimate of drug-likeness (QED) is 0.431. The maximum Gasteiger partial charge on any atom is 0.270 e. The van der Waals surface area contributed by atoms with E-state index in [0.29, 0.717) is 22.6 Å². The zero-order valence-electron chi connectivity index (χ0n) is 13.6. The smallest absolute Gasteiger partial charge is 0.270 e. The largest absolute Gasteiger partial charge is 0.323 e. The second-order valence-corrected chi connectivity index (χ2v) is 5.34. The highest BCUT2D eigenvalue weighted by atomic mass is 16.6. The van der Waals surface area contributed by atoms with E-state index in [1.54, 1.807) is 42.7 Å². The molecular weight excluding hydrogens is 332 g/mol. The number of nitrogens with zero attached hydrogens (tertiary/aromatic N) is 3. The van der Waals surface area contributed by atoms with Crippen LogP contribution in [-0.4, -0.2) is 20.8 Å². The van der Waals surface area contributed by atoms with Crippen LogP contribution in [0.25, 0.3) is 17.5 Å². The normalized spacial score (nSPS) is 10.6. The van der Waals surface area contributed by atoms with Crippen LogP contribution in [0.1, 0.15) is 5.56 Å². The average Bonchev–Trinajstić information content (AvgIpc) is 2.68. The van der Waals surface area contributed by atoms with Crippen LogP contribution in [0.15, 0.2) is 73.1 Å². The minimum absolute atomic E-state index is 0.0207. The van der Waals surface area contributed by atoms with Crippen LogP contribution in [-0.2, 0) is 4.79 Å². The molecule has 2 aromatic carbocycles. The minimum Gasteiger partial charge on any atom is -0.323 e. The van der Waals surface area contributed by atoms with Gasteiger partial charge in [-0.1, -0.05) is 30.3 Å². The van der Waals surface area contributed by atoms with Crippen molar-refractivity contribution in [1.29, 1.82) is 0 Å². The van der Waals surface area contributed by atoms with Gasteiger partial charge < -0.3 is 5.32 Å². The summed E-state index contributed by atoms with van der Waals surface area (Å²) in [7, 11) is 0. The number of hydrogen-bond acceptors (Lipinski definition) is 5. The molecule has 7 nitrogen and oxygen atoms in total. The Balaban J connectivity index is 1.68. The molecule has 0 saturated heterocycles. The van der Waals surface area contributed by atoms with Gasteiger partial charge in [-0.2, -0.15) is 0 Å². The monoisotopic (exact) mass is 346 g/mol. The van der Waals surface area contributed by atoms with Crippen LogP contribution < -0.4 is 5.32 Å². The molecule has 0 spiro atoms. The van der Waals surface area contributed by atoms with E-state index in [0.717, 1.165) is 0 Å². The van der Waals surface area contributed by atoms with Crippen molar-refractivity contribution in [2.75, 3.05) is 5.32 Å². The highest BCUT2D eigenvalue weighted by molar-refractivity contribution is 6.01. The number of benzene rings is 2. The van der Waals surface area contributed by atoms with E-state index in [4.69, 9.17) is 0 Å². The summed E-state index contributed by atoms with van der Waals surface area (Å²) >= 11 is 0. The molecule has 0 aliphatic heterocycles. The standard InChI is InChI=1S/C19H14N4O3/c24-18(22-16-6-2-1-3-7-16)10-9-14-12-20-19(21-13-14)15-5-4-8-17(11-15)23(25)26/h1-13H,(H,22,24)/b10-9+. The van der Waals surface area contributed by atoms with Crippen molar-refractivity contribution in [2.24, 2.45) is 0 Å². The summed E-state index contributed by atoms with van der Waals surface area (Å²) in [5.41, 5.74) is 1.88. The van der Waals surface area contributed by atoms with Crippen molar-refractivity contribution in [3.63, 3.8) is 0 Å². The first kappa shape index (κ1) is 17.0. The Morgan fingerprint density at radius 2 is 1.77 bits per heavy atom. The third kappa shape index (κ3) is 4.35. The fourth-order valence-electron chi connectivity index (χ4n) is 2.21. The molecule has 7 heteroatoms. The highest BCUT2D eigenvalue weighted by Crippen LogP contribution is 2.20. The lowest BCUT2D eigenvalue weighted by Gasteiger charge is -2.01. The summed E-state index contributed by atoms with van der Waals surface area (Å²) in [5.74, 6) is 0.110. The van der Waals surface area contributed by atoms with Crippen molar-refractivity contribution in [3.05, 3.63) is 88.7 Å². The summed E-state index contributed by atoms with van der Waals surface area (Å²) in [6.45, 7) is 0. The van der Waals surface area contributed by atoms with Gasteiger partial charge in [0.15, 0.2) is 5.82 Å². The van der Waals surface area contributed by atoms with E-state index < -0.39 is 4.92 Å². The summed E-state index contributed by atoms with van der Waals surface area (Å²) in [5, 5.41) is 13.6. The van der Waals surface area contributed by atoms with Gasteiger partial charge in [0, 0.05) is 47.4 Å². The number of carbonyl (C=O) groups excluding carboxylic acids is 1. The van der Waals surface area contributed by atoms with Gasteiger partial charge in [-0.25, -0.2) is 9.97 Å². The molecule has 1 N–H and O–H groups in total. The average molecular weight is 346 g/mol. The van der Waals surface area contributed by atoms with Gasteiger partial charge in [0.05, 0.1) is 4.92 Å². The Morgan fingerprint density at radius 1 is 1.04 bits per heavy atom. The van der Waals surface area contributed by atoms with Gasteiger partial charge in [-0.3, -0.25) is 14.9 Å². The zero-order valence-corrected chi connectivity index (χ0v) is 13.6. The van der Waals surface area contributed by atoms with Crippen LogP contribution in [0, 0.1) is 10.1 Å². The Morgan fingerprint density at radius 3 is 2.46 bits per heavy atom. The molecule has 1 amide bonds. The molecule has 1 aromatic heterocycles. The van der Waals surface area contributed by atoms with Crippen LogP contribution in [0.4, 0.5) is 11.4 Å². The Bertz CT molecular complexity index is 954. The van der Waals surface area contributed by atoms with Gasteiger partial charge in [-0.15, -0.1) is 0 Å². The van der Waals surface area contributed by atoms with Crippen molar-refractivity contribution in [1.82, 2.24) is 9.97 Å². The van der Waals surface area contributed by atoms with Gasteiger partial charge in [0.2, 0.25) is 5.91 Å². The third-order valence-electron chi connectivity index (χ3n) is 3.46. The van der Waals surface area contributed by atoms with Crippen LogP contribution in [0.5, 0.6) is 0 Å². The van der Waals surface area contributed by atoms with Crippen LogP contribution in [0.3, 0.4) is 0 Å². The zero-order chi connectivity index (χ0) is 18.4. The molecule has 0 atom stereocenters. The fraction of sp³-hybridized carbons (Fsp3) is 0. The van der Waals surface area contributed by atoms with Crippen molar-refractivity contribution in [2.45, 2.75) is 0 Å². The van der Waals surface area contributed by atoms with E-state index in [-0.39, 0.29) is 11.6 Å². The van der Waals surface area contributed by atoms with Crippen molar-refractivity contribution >= 4 is 23.4 Å². The van der Waals surface area contributed by atoms with Gasteiger partial charge in [0.1, 0.15) is 0 Å². The first-order chi connectivity index (χ1) is 12.6. The summed E-state index contributed by atoms with van der Waals surface area (Å²) in [6, 6.07) is 15.2. The molecule has 0 fully saturated rings.